The van der Waals surface area contributed by atoms with Gasteiger partial charge in [-0.3, -0.25) is 4.68 Å². The Morgan fingerprint density at radius 1 is 1.29 bits per heavy atom. The third-order valence-corrected chi connectivity index (χ3v) is 3.78. The van der Waals surface area contributed by atoms with Gasteiger partial charge in [0.15, 0.2) is 11.6 Å². The number of nitrogens with zero attached hydrogens (tertiary/aromatic N) is 2. The van der Waals surface area contributed by atoms with Crippen LogP contribution in [-0.2, 0) is 23.5 Å². The van der Waals surface area contributed by atoms with Crippen molar-refractivity contribution in [3.05, 3.63) is 41.7 Å². The molecule has 2 N–H and O–H groups in total. The first kappa shape index (κ1) is 15.4. The summed E-state index contributed by atoms with van der Waals surface area (Å²) in [5, 5.41) is 8.73. The SMILES string of the molecule is Cn1nccc1CCOc1ccc(S(N)(=O)=O)c(F)c1F. The second-order valence-corrected chi connectivity index (χ2v) is 5.81. The van der Waals surface area contributed by atoms with Crippen LogP contribution in [0.25, 0.3) is 0 Å². The number of hydrogen-bond acceptors (Lipinski definition) is 4. The number of aromatic nitrogens is 2. The highest BCUT2D eigenvalue weighted by Gasteiger charge is 2.21. The average molecular weight is 317 g/mol. The zero-order valence-corrected chi connectivity index (χ0v) is 11.9. The first-order valence-electron chi connectivity index (χ1n) is 5.91. The molecular formula is C12H13F2N3O3S. The van der Waals surface area contributed by atoms with Crippen molar-refractivity contribution < 1.29 is 21.9 Å². The van der Waals surface area contributed by atoms with Crippen molar-refractivity contribution in [2.24, 2.45) is 12.2 Å². The van der Waals surface area contributed by atoms with E-state index in [2.05, 4.69) is 5.10 Å². The monoisotopic (exact) mass is 317 g/mol. The third kappa shape index (κ3) is 3.37. The molecule has 0 saturated heterocycles. The van der Waals surface area contributed by atoms with E-state index in [-0.39, 0.29) is 12.4 Å². The maximum absolute atomic E-state index is 13.7. The van der Waals surface area contributed by atoms with Gasteiger partial charge in [-0.15, -0.1) is 0 Å². The Bertz CT molecular complexity index is 759. The predicted octanol–water partition coefficient (Wildman–Crippen LogP) is 0.967. The molecule has 0 bridgehead atoms. The summed E-state index contributed by atoms with van der Waals surface area (Å²) < 4.78 is 56.1. The zero-order valence-electron chi connectivity index (χ0n) is 11.1. The van der Waals surface area contributed by atoms with Gasteiger partial charge in [-0.2, -0.15) is 9.49 Å². The number of ether oxygens (including phenoxy) is 1. The molecule has 1 aromatic carbocycles. The Balaban J connectivity index is 2.12. The van der Waals surface area contributed by atoms with E-state index in [9.17, 15) is 17.2 Å². The zero-order chi connectivity index (χ0) is 15.6. The fourth-order valence-electron chi connectivity index (χ4n) is 1.76. The fourth-order valence-corrected chi connectivity index (χ4v) is 2.35. The highest BCUT2D eigenvalue weighted by Crippen LogP contribution is 2.25. The molecule has 1 aromatic heterocycles. The van der Waals surface area contributed by atoms with Crippen LogP contribution in [-0.4, -0.2) is 24.8 Å². The van der Waals surface area contributed by atoms with Gasteiger partial charge in [-0.05, 0) is 18.2 Å². The molecule has 0 unspecified atom stereocenters. The van der Waals surface area contributed by atoms with Gasteiger partial charge in [0, 0.05) is 25.4 Å². The van der Waals surface area contributed by atoms with Gasteiger partial charge in [0.05, 0.1) is 6.61 Å². The number of sulfonamides is 1. The lowest BCUT2D eigenvalue weighted by atomic mass is 10.3. The van der Waals surface area contributed by atoms with E-state index >= 15 is 0 Å². The summed E-state index contributed by atoms with van der Waals surface area (Å²) in [6.45, 7) is 0.0879. The topological polar surface area (TPSA) is 87.2 Å². The normalized spacial score (nSPS) is 11.6. The van der Waals surface area contributed by atoms with Gasteiger partial charge < -0.3 is 4.74 Å². The number of rotatable bonds is 5. The molecule has 114 valence electrons. The first-order chi connectivity index (χ1) is 9.80. The van der Waals surface area contributed by atoms with E-state index in [0.717, 1.165) is 17.8 Å². The minimum atomic E-state index is -4.32. The van der Waals surface area contributed by atoms with Gasteiger partial charge in [0.2, 0.25) is 15.8 Å². The summed E-state index contributed by atoms with van der Waals surface area (Å²) in [5.41, 5.74) is 0.858. The maximum Gasteiger partial charge on any atom is 0.241 e. The van der Waals surface area contributed by atoms with Crippen molar-refractivity contribution in [1.82, 2.24) is 9.78 Å². The molecule has 2 aromatic rings. The second-order valence-electron chi connectivity index (χ2n) is 4.28. The van der Waals surface area contributed by atoms with Crippen LogP contribution in [0, 0.1) is 11.6 Å². The molecule has 0 spiro atoms. The Kier molecular flexibility index (Phi) is 4.24. The summed E-state index contributed by atoms with van der Waals surface area (Å²) in [4.78, 5) is -0.904. The van der Waals surface area contributed by atoms with Gasteiger partial charge in [-0.25, -0.2) is 17.9 Å². The van der Waals surface area contributed by atoms with E-state index in [4.69, 9.17) is 9.88 Å². The molecule has 1 heterocycles. The summed E-state index contributed by atoms with van der Waals surface area (Å²) >= 11 is 0. The summed E-state index contributed by atoms with van der Waals surface area (Å²) in [5.74, 6) is -3.30. The van der Waals surface area contributed by atoms with Crippen LogP contribution in [0.15, 0.2) is 29.3 Å². The van der Waals surface area contributed by atoms with Crippen LogP contribution in [0.1, 0.15) is 5.69 Å². The van der Waals surface area contributed by atoms with Crippen LogP contribution in [0.3, 0.4) is 0 Å². The van der Waals surface area contributed by atoms with Crippen molar-refractivity contribution >= 4 is 10.0 Å². The Hall–Kier alpha value is -2.00. The second kappa shape index (κ2) is 5.78. The van der Waals surface area contributed by atoms with Crippen LogP contribution >= 0.6 is 0 Å². The van der Waals surface area contributed by atoms with Crippen molar-refractivity contribution in [2.45, 2.75) is 11.3 Å². The largest absolute Gasteiger partial charge is 0.490 e. The van der Waals surface area contributed by atoms with E-state index in [1.165, 1.54) is 0 Å². The number of primary sulfonamides is 1. The number of halogens is 2. The smallest absolute Gasteiger partial charge is 0.241 e. The lowest BCUT2D eigenvalue weighted by Gasteiger charge is -2.09. The van der Waals surface area contributed by atoms with Crippen LogP contribution in [0.2, 0.25) is 0 Å². The number of nitrogens with two attached hydrogens (primary N) is 1. The van der Waals surface area contributed by atoms with Gasteiger partial charge in [-0.1, -0.05) is 0 Å². The molecule has 0 radical (unpaired) electrons. The number of hydrogen-bond donors (Lipinski definition) is 1. The van der Waals surface area contributed by atoms with Crippen LogP contribution < -0.4 is 9.88 Å². The molecule has 0 fully saturated rings. The molecule has 0 saturated carbocycles. The molecule has 0 aliphatic carbocycles. The van der Waals surface area contributed by atoms with Gasteiger partial charge >= 0.3 is 0 Å². The van der Waals surface area contributed by atoms with Crippen molar-refractivity contribution in [3.63, 3.8) is 0 Å². The molecular weight excluding hydrogens is 304 g/mol. The summed E-state index contributed by atoms with van der Waals surface area (Å²) in [6.07, 6.45) is 2.05. The average Bonchev–Trinajstić information content (AvgIpc) is 2.79. The molecule has 2 rings (SSSR count). The van der Waals surface area contributed by atoms with Crippen molar-refractivity contribution in [2.75, 3.05) is 6.61 Å². The van der Waals surface area contributed by atoms with Crippen molar-refractivity contribution in [1.29, 1.82) is 0 Å². The summed E-state index contributed by atoms with van der Waals surface area (Å²) in [7, 11) is -2.57. The number of aryl methyl sites for hydroxylation is 1. The Morgan fingerprint density at radius 3 is 2.57 bits per heavy atom. The van der Waals surface area contributed by atoms with E-state index in [1.807, 2.05) is 0 Å². The minimum absolute atomic E-state index is 0.0879. The highest BCUT2D eigenvalue weighted by atomic mass is 32.2. The summed E-state index contributed by atoms with van der Waals surface area (Å²) in [6, 6.07) is 3.67. The third-order valence-electron chi connectivity index (χ3n) is 2.86. The lowest BCUT2D eigenvalue weighted by molar-refractivity contribution is 0.294. The van der Waals surface area contributed by atoms with Gasteiger partial charge in [0.25, 0.3) is 0 Å². The molecule has 21 heavy (non-hydrogen) atoms. The molecule has 0 amide bonds. The Morgan fingerprint density at radius 2 is 2.00 bits per heavy atom. The highest BCUT2D eigenvalue weighted by molar-refractivity contribution is 7.89. The molecule has 6 nitrogen and oxygen atoms in total. The quantitative estimate of drug-likeness (QED) is 0.890. The van der Waals surface area contributed by atoms with Crippen LogP contribution in [0.5, 0.6) is 5.75 Å². The molecule has 9 heteroatoms. The molecule has 0 aliphatic heterocycles. The van der Waals surface area contributed by atoms with E-state index in [1.54, 1.807) is 24.0 Å². The van der Waals surface area contributed by atoms with Crippen LogP contribution in [0.4, 0.5) is 8.78 Å². The minimum Gasteiger partial charge on any atom is -0.490 e. The number of benzene rings is 1. The van der Waals surface area contributed by atoms with E-state index < -0.39 is 26.6 Å². The Labute approximate surface area is 120 Å². The fraction of sp³-hybridized carbons (Fsp3) is 0.250. The standard InChI is InChI=1S/C12H13F2N3O3S/c1-17-8(4-6-16-17)5-7-20-9-2-3-10(21(15,18)19)12(14)11(9)13/h2-4,6H,5,7H2,1H3,(H2,15,18,19). The lowest BCUT2D eigenvalue weighted by Crippen LogP contribution is -2.15. The molecule has 0 aliphatic rings. The van der Waals surface area contributed by atoms with Crippen molar-refractivity contribution in [3.8, 4) is 5.75 Å². The van der Waals surface area contributed by atoms with E-state index in [0.29, 0.717) is 6.42 Å². The van der Waals surface area contributed by atoms with Gasteiger partial charge in [0.1, 0.15) is 4.90 Å². The first-order valence-corrected chi connectivity index (χ1v) is 7.46. The maximum atomic E-state index is 13.7. The predicted molar refractivity (Wildman–Crippen MR) is 70.1 cm³/mol. The molecule has 0 atom stereocenters.